The Balaban J connectivity index is 1.87. The van der Waals surface area contributed by atoms with Crippen LogP contribution in [0.4, 0.5) is 0 Å². The van der Waals surface area contributed by atoms with Gasteiger partial charge in [0, 0.05) is 30.4 Å². The van der Waals surface area contributed by atoms with Crippen molar-refractivity contribution in [3.63, 3.8) is 0 Å². The van der Waals surface area contributed by atoms with Crippen LogP contribution in [0, 0.1) is 0 Å². The first-order chi connectivity index (χ1) is 7.75. The normalized spacial score (nSPS) is 16.6. The van der Waals surface area contributed by atoms with E-state index in [-0.39, 0.29) is 5.78 Å². The Hall–Kier alpha value is -1.22. The minimum Gasteiger partial charge on any atom is -0.303 e. The summed E-state index contributed by atoms with van der Waals surface area (Å²) in [5, 5.41) is 0. The highest BCUT2D eigenvalue weighted by Gasteiger charge is 2.11. The average molecular weight is 218 g/mol. The van der Waals surface area contributed by atoms with Crippen LogP contribution in [0.3, 0.4) is 0 Å². The van der Waals surface area contributed by atoms with Crippen LogP contribution in [0.2, 0.25) is 0 Å². The molecule has 0 unspecified atom stereocenters. The molecule has 0 bridgehead atoms. The molecule has 0 aliphatic carbocycles. The Morgan fingerprint density at radius 3 is 2.69 bits per heavy atom. The third-order valence-corrected chi connectivity index (χ3v) is 3.11. The maximum absolute atomic E-state index is 11.1. The standard InChI is InChI=1S/C13H18N2O/c1-11(16)12-4-5-13(14-10-12)6-9-15-7-2-3-8-15/h4-5,10H,2-3,6-9H2,1H3. The van der Waals surface area contributed by atoms with Gasteiger partial charge in [-0.3, -0.25) is 9.78 Å². The summed E-state index contributed by atoms with van der Waals surface area (Å²) in [5.74, 6) is 0.0820. The van der Waals surface area contributed by atoms with Crippen molar-refractivity contribution < 1.29 is 4.79 Å². The average Bonchev–Trinajstić information content (AvgIpc) is 2.80. The highest BCUT2D eigenvalue weighted by atomic mass is 16.1. The molecule has 0 amide bonds. The molecule has 1 aromatic heterocycles. The molecule has 1 saturated heterocycles. The fraction of sp³-hybridized carbons (Fsp3) is 0.538. The highest BCUT2D eigenvalue weighted by molar-refractivity contribution is 5.93. The predicted octanol–water partition coefficient (Wildman–Crippen LogP) is 1.92. The Bertz CT molecular complexity index is 353. The van der Waals surface area contributed by atoms with Gasteiger partial charge in [0.2, 0.25) is 0 Å². The van der Waals surface area contributed by atoms with Crippen LogP contribution in [0.15, 0.2) is 18.3 Å². The number of rotatable bonds is 4. The highest BCUT2D eigenvalue weighted by Crippen LogP contribution is 2.08. The van der Waals surface area contributed by atoms with E-state index in [1.807, 2.05) is 12.1 Å². The zero-order valence-electron chi connectivity index (χ0n) is 9.78. The molecule has 3 nitrogen and oxygen atoms in total. The van der Waals surface area contributed by atoms with E-state index in [0.717, 1.165) is 18.7 Å². The summed E-state index contributed by atoms with van der Waals surface area (Å²) in [5.41, 5.74) is 1.78. The molecule has 0 atom stereocenters. The van der Waals surface area contributed by atoms with Gasteiger partial charge in [0.1, 0.15) is 0 Å². The van der Waals surface area contributed by atoms with Gasteiger partial charge in [0.05, 0.1) is 0 Å². The Morgan fingerprint density at radius 2 is 2.12 bits per heavy atom. The fourth-order valence-corrected chi connectivity index (χ4v) is 2.06. The van der Waals surface area contributed by atoms with Crippen molar-refractivity contribution in [1.29, 1.82) is 0 Å². The van der Waals surface area contributed by atoms with E-state index in [1.54, 1.807) is 13.1 Å². The van der Waals surface area contributed by atoms with Gasteiger partial charge < -0.3 is 4.90 Å². The monoisotopic (exact) mass is 218 g/mol. The van der Waals surface area contributed by atoms with Crippen molar-refractivity contribution in [2.75, 3.05) is 19.6 Å². The molecule has 0 aromatic carbocycles. The minimum atomic E-state index is 0.0820. The molecule has 1 aliphatic heterocycles. The maximum Gasteiger partial charge on any atom is 0.161 e. The maximum atomic E-state index is 11.1. The second-order valence-corrected chi connectivity index (χ2v) is 4.39. The van der Waals surface area contributed by atoms with Gasteiger partial charge in [0.25, 0.3) is 0 Å². The van der Waals surface area contributed by atoms with Crippen LogP contribution in [0.5, 0.6) is 0 Å². The summed E-state index contributed by atoms with van der Waals surface area (Å²) in [4.78, 5) is 17.9. The van der Waals surface area contributed by atoms with Crippen molar-refractivity contribution in [3.8, 4) is 0 Å². The van der Waals surface area contributed by atoms with Crippen molar-refractivity contribution in [1.82, 2.24) is 9.88 Å². The van der Waals surface area contributed by atoms with Gasteiger partial charge in [-0.15, -0.1) is 0 Å². The molecule has 0 saturated carbocycles. The van der Waals surface area contributed by atoms with Gasteiger partial charge in [0.15, 0.2) is 5.78 Å². The zero-order chi connectivity index (χ0) is 11.4. The van der Waals surface area contributed by atoms with E-state index in [4.69, 9.17) is 0 Å². The van der Waals surface area contributed by atoms with E-state index in [1.165, 1.54) is 25.9 Å². The summed E-state index contributed by atoms with van der Waals surface area (Å²) in [7, 11) is 0. The van der Waals surface area contributed by atoms with Crippen molar-refractivity contribution in [3.05, 3.63) is 29.6 Å². The van der Waals surface area contributed by atoms with E-state index < -0.39 is 0 Å². The molecule has 0 spiro atoms. The molecule has 0 N–H and O–H groups in total. The molecule has 1 aromatic rings. The Labute approximate surface area is 96.5 Å². The fourth-order valence-electron chi connectivity index (χ4n) is 2.06. The molecule has 1 fully saturated rings. The van der Waals surface area contributed by atoms with E-state index in [2.05, 4.69) is 9.88 Å². The molecule has 1 aliphatic rings. The third-order valence-electron chi connectivity index (χ3n) is 3.11. The lowest BCUT2D eigenvalue weighted by Gasteiger charge is -2.13. The van der Waals surface area contributed by atoms with Gasteiger partial charge in [-0.25, -0.2) is 0 Å². The summed E-state index contributed by atoms with van der Waals surface area (Å²) in [6, 6.07) is 3.83. The quantitative estimate of drug-likeness (QED) is 0.724. The molecule has 3 heteroatoms. The van der Waals surface area contributed by atoms with Gasteiger partial charge in [-0.05, 0) is 45.0 Å². The lowest BCUT2D eigenvalue weighted by molar-refractivity contribution is 0.101. The second-order valence-electron chi connectivity index (χ2n) is 4.39. The molecule has 0 radical (unpaired) electrons. The van der Waals surface area contributed by atoms with Crippen molar-refractivity contribution in [2.45, 2.75) is 26.2 Å². The number of aromatic nitrogens is 1. The van der Waals surface area contributed by atoms with Crippen LogP contribution in [0.25, 0.3) is 0 Å². The number of carbonyl (C=O) groups excluding carboxylic acids is 1. The van der Waals surface area contributed by atoms with Crippen LogP contribution in [-0.4, -0.2) is 35.3 Å². The zero-order valence-corrected chi connectivity index (χ0v) is 9.78. The van der Waals surface area contributed by atoms with Crippen LogP contribution < -0.4 is 0 Å². The number of ketones is 1. The van der Waals surface area contributed by atoms with Crippen LogP contribution in [-0.2, 0) is 6.42 Å². The number of carbonyl (C=O) groups is 1. The molecule has 16 heavy (non-hydrogen) atoms. The largest absolute Gasteiger partial charge is 0.303 e. The Kier molecular flexibility index (Phi) is 3.67. The smallest absolute Gasteiger partial charge is 0.161 e. The number of hydrogen-bond donors (Lipinski definition) is 0. The molecule has 2 rings (SSSR count). The SMILES string of the molecule is CC(=O)c1ccc(CCN2CCCC2)nc1. The summed E-state index contributed by atoms with van der Waals surface area (Å²) < 4.78 is 0. The first kappa shape index (κ1) is 11.3. The van der Waals surface area contributed by atoms with Gasteiger partial charge in [-0.2, -0.15) is 0 Å². The minimum absolute atomic E-state index is 0.0820. The predicted molar refractivity (Wildman–Crippen MR) is 63.6 cm³/mol. The van der Waals surface area contributed by atoms with E-state index >= 15 is 0 Å². The molecule has 86 valence electrons. The summed E-state index contributed by atoms with van der Waals surface area (Å²) in [6.45, 7) is 5.12. The molecular formula is C13H18N2O. The number of likely N-dealkylation sites (tertiary alicyclic amines) is 1. The van der Waals surface area contributed by atoms with E-state index in [9.17, 15) is 4.79 Å². The lowest BCUT2D eigenvalue weighted by Crippen LogP contribution is -2.22. The summed E-state index contributed by atoms with van der Waals surface area (Å²) in [6.07, 6.45) is 5.33. The first-order valence-electron chi connectivity index (χ1n) is 5.94. The number of nitrogens with zero attached hydrogens (tertiary/aromatic N) is 2. The first-order valence-corrected chi connectivity index (χ1v) is 5.94. The lowest BCUT2D eigenvalue weighted by atomic mass is 10.2. The molecular weight excluding hydrogens is 200 g/mol. The number of hydrogen-bond acceptors (Lipinski definition) is 3. The topological polar surface area (TPSA) is 33.2 Å². The Morgan fingerprint density at radius 1 is 1.38 bits per heavy atom. The molecule has 2 heterocycles. The summed E-state index contributed by atoms with van der Waals surface area (Å²) >= 11 is 0. The van der Waals surface area contributed by atoms with Crippen LogP contribution in [0.1, 0.15) is 35.8 Å². The van der Waals surface area contributed by atoms with Gasteiger partial charge >= 0.3 is 0 Å². The number of pyridine rings is 1. The van der Waals surface area contributed by atoms with E-state index in [0.29, 0.717) is 5.56 Å². The van der Waals surface area contributed by atoms with Gasteiger partial charge in [-0.1, -0.05) is 0 Å². The van der Waals surface area contributed by atoms with Crippen molar-refractivity contribution in [2.24, 2.45) is 0 Å². The third kappa shape index (κ3) is 2.89. The number of Topliss-reactive ketones (excluding diaryl/α,β-unsaturated/α-hetero) is 1. The van der Waals surface area contributed by atoms with Crippen molar-refractivity contribution >= 4 is 5.78 Å². The second kappa shape index (κ2) is 5.21. The van der Waals surface area contributed by atoms with Crippen LogP contribution >= 0.6 is 0 Å².